The summed E-state index contributed by atoms with van der Waals surface area (Å²) in [5.74, 6) is -0.392. The second-order valence-corrected chi connectivity index (χ2v) is 3.72. The highest BCUT2D eigenvalue weighted by Gasteiger charge is 2.15. The van der Waals surface area contributed by atoms with Gasteiger partial charge in [-0.05, 0) is 13.8 Å². The Labute approximate surface area is 99.2 Å². The number of carbonyl (C=O) groups is 2. The monoisotopic (exact) mass is 240 g/mol. The zero-order valence-corrected chi connectivity index (χ0v) is 9.97. The van der Waals surface area contributed by atoms with E-state index in [4.69, 9.17) is 9.63 Å². The second kappa shape index (κ2) is 6.03. The molecular weight excluding hydrogens is 224 g/mol. The van der Waals surface area contributed by atoms with Crippen LogP contribution in [0.15, 0.2) is 10.6 Å². The largest absolute Gasteiger partial charge is 0.481 e. The van der Waals surface area contributed by atoms with Gasteiger partial charge in [-0.15, -0.1) is 0 Å². The van der Waals surface area contributed by atoms with E-state index in [-0.39, 0.29) is 25.3 Å². The number of carboxylic acid groups (broad SMARTS) is 1. The van der Waals surface area contributed by atoms with Crippen molar-refractivity contribution < 1.29 is 19.2 Å². The molecule has 0 radical (unpaired) electrons. The first-order valence-corrected chi connectivity index (χ1v) is 5.44. The zero-order chi connectivity index (χ0) is 12.8. The van der Waals surface area contributed by atoms with E-state index in [9.17, 15) is 9.59 Å². The Bertz CT molecular complexity index is 400. The number of hydrogen-bond donors (Lipinski definition) is 1. The van der Waals surface area contributed by atoms with Gasteiger partial charge in [0, 0.05) is 19.2 Å². The lowest BCUT2D eigenvalue weighted by Crippen LogP contribution is -2.34. The van der Waals surface area contributed by atoms with Gasteiger partial charge in [0.05, 0.1) is 18.5 Å². The molecular formula is C11H16N2O4. The van der Waals surface area contributed by atoms with Crippen LogP contribution in [0, 0.1) is 6.92 Å². The first-order valence-electron chi connectivity index (χ1n) is 5.44. The van der Waals surface area contributed by atoms with Crippen LogP contribution in [0.4, 0.5) is 0 Å². The average molecular weight is 240 g/mol. The van der Waals surface area contributed by atoms with Crippen molar-refractivity contribution in [2.45, 2.75) is 26.7 Å². The maximum atomic E-state index is 11.8. The number of aromatic nitrogens is 1. The summed E-state index contributed by atoms with van der Waals surface area (Å²) in [6.45, 7) is 4.28. The maximum absolute atomic E-state index is 11.8. The van der Waals surface area contributed by atoms with E-state index < -0.39 is 5.97 Å². The predicted octanol–water partition coefficient (Wildman–Crippen LogP) is 0.849. The van der Waals surface area contributed by atoms with Crippen LogP contribution in [-0.2, 0) is 16.0 Å². The molecule has 6 nitrogen and oxygen atoms in total. The summed E-state index contributed by atoms with van der Waals surface area (Å²) >= 11 is 0. The van der Waals surface area contributed by atoms with Gasteiger partial charge in [0.1, 0.15) is 5.76 Å². The topological polar surface area (TPSA) is 83.6 Å². The van der Waals surface area contributed by atoms with Crippen LogP contribution in [-0.4, -0.2) is 40.1 Å². The number of rotatable bonds is 6. The van der Waals surface area contributed by atoms with Gasteiger partial charge in [-0.25, -0.2) is 0 Å². The Kier molecular flexibility index (Phi) is 4.68. The number of carboxylic acids is 1. The van der Waals surface area contributed by atoms with Crippen LogP contribution >= 0.6 is 0 Å². The predicted molar refractivity (Wildman–Crippen MR) is 59.5 cm³/mol. The number of hydrogen-bond acceptors (Lipinski definition) is 4. The van der Waals surface area contributed by atoms with Crippen LogP contribution in [0.2, 0.25) is 0 Å². The smallest absolute Gasteiger partial charge is 0.305 e. The molecule has 0 bridgehead atoms. The molecule has 0 aromatic carbocycles. The van der Waals surface area contributed by atoms with Crippen molar-refractivity contribution in [1.29, 1.82) is 0 Å². The molecule has 1 amide bonds. The van der Waals surface area contributed by atoms with Crippen molar-refractivity contribution in [3.8, 4) is 0 Å². The van der Waals surface area contributed by atoms with Crippen LogP contribution in [0.1, 0.15) is 24.8 Å². The molecule has 0 fully saturated rings. The first kappa shape index (κ1) is 13.2. The number of likely N-dealkylation sites (N-methyl/N-ethyl adjacent to an activating group) is 1. The van der Waals surface area contributed by atoms with E-state index in [0.717, 1.165) is 0 Å². The highest BCUT2D eigenvalue weighted by molar-refractivity contribution is 5.79. The van der Waals surface area contributed by atoms with E-state index in [1.165, 1.54) is 4.90 Å². The molecule has 17 heavy (non-hydrogen) atoms. The van der Waals surface area contributed by atoms with Gasteiger partial charge in [-0.3, -0.25) is 9.59 Å². The fraction of sp³-hybridized carbons (Fsp3) is 0.545. The fourth-order valence-electron chi connectivity index (χ4n) is 1.46. The first-order chi connectivity index (χ1) is 8.02. The number of aliphatic carboxylic acids is 1. The number of aryl methyl sites for hydroxylation is 1. The highest BCUT2D eigenvalue weighted by Crippen LogP contribution is 2.05. The quantitative estimate of drug-likeness (QED) is 0.796. The van der Waals surface area contributed by atoms with Gasteiger partial charge in [0.2, 0.25) is 5.91 Å². The SMILES string of the molecule is CCN(CCC(=O)O)C(=O)Cc1cc(C)on1. The Morgan fingerprint density at radius 3 is 2.71 bits per heavy atom. The lowest BCUT2D eigenvalue weighted by atomic mass is 10.2. The highest BCUT2D eigenvalue weighted by atomic mass is 16.5. The van der Waals surface area contributed by atoms with Crippen molar-refractivity contribution in [2.24, 2.45) is 0 Å². The van der Waals surface area contributed by atoms with Crippen molar-refractivity contribution in [1.82, 2.24) is 10.1 Å². The number of amides is 1. The number of nitrogens with zero attached hydrogens (tertiary/aromatic N) is 2. The van der Waals surface area contributed by atoms with Gasteiger partial charge < -0.3 is 14.5 Å². The Morgan fingerprint density at radius 2 is 2.24 bits per heavy atom. The minimum Gasteiger partial charge on any atom is -0.481 e. The molecule has 1 rings (SSSR count). The average Bonchev–Trinajstić information content (AvgIpc) is 2.64. The molecule has 1 heterocycles. The normalized spacial score (nSPS) is 10.2. The van der Waals surface area contributed by atoms with E-state index in [1.54, 1.807) is 13.0 Å². The van der Waals surface area contributed by atoms with Gasteiger partial charge in [-0.2, -0.15) is 0 Å². The van der Waals surface area contributed by atoms with Gasteiger partial charge in [0.25, 0.3) is 0 Å². The maximum Gasteiger partial charge on any atom is 0.305 e. The fourth-order valence-corrected chi connectivity index (χ4v) is 1.46. The summed E-state index contributed by atoms with van der Waals surface area (Å²) < 4.78 is 4.86. The van der Waals surface area contributed by atoms with E-state index in [1.807, 2.05) is 6.92 Å². The van der Waals surface area contributed by atoms with E-state index in [2.05, 4.69) is 5.16 Å². The lowest BCUT2D eigenvalue weighted by molar-refractivity contribution is -0.138. The summed E-state index contributed by atoms with van der Waals surface area (Å²) in [6, 6.07) is 1.70. The Morgan fingerprint density at radius 1 is 1.53 bits per heavy atom. The molecule has 0 aliphatic heterocycles. The third kappa shape index (κ3) is 4.26. The molecule has 6 heteroatoms. The van der Waals surface area contributed by atoms with Crippen molar-refractivity contribution >= 4 is 11.9 Å². The van der Waals surface area contributed by atoms with Crippen LogP contribution in [0.3, 0.4) is 0 Å². The Balaban J connectivity index is 2.51. The van der Waals surface area contributed by atoms with E-state index >= 15 is 0 Å². The molecule has 1 N–H and O–H groups in total. The molecule has 1 aromatic heterocycles. The molecule has 94 valence electrons. The minimum atomic E-state index is -0.909. The summed E-state index contributed by atoms with van der Waals surface area (Å²) in [5.41, 5.74) is 0.571. The zero-order valence-electron chi connectivity index (χ0n) is 9.97. The van der Waals surface area contributed by atoms with Crippen molar-refractivity contribution in [3.63, 3.8) is 0 Å². The molecule has 0 spiro atoms. The third-order valence-corrected chi connectivity index (χ3v) is 2.34. The van der Waals surface area contributed by atoms with Crippen LogP contribution < -0.4 is 0 Å². The molecule has 0 saturated heterocycles. The molecule has 0 aliphatic rings. The molecule has 0 aliphatic carbocycles. The minimum absolute atomic E-state index is 0.0442. The van der Waals surface area contributed by atoms with Crippen LogP contribution in [0.25, 0.3) is 0 Å². The third-order valence-electron chi connectivity index (χ3n) is 2.34. The van der Waals surface area contributed by atoms with Crippen molar-refractivity contribution in [2.75, 3.05) is 13.1 Å². The molecule has 0 unspecified atom stereocenters. The summed E-state index contributed by atoms with van der Waals surface area (Å²) in [4.78, 5) is 23.8. The summed E-state index contributed by atoms with van der Waals surface area (Å²) in [5, 5.41) is 12.3. The lowest BCUT2D eigenvalue weighted by Gasteiger charge is -2.19. The Hall–Kier alpha value is -1.85. The van der Waals surface area contributed by atoms with Gasteiger partial charge >= 0.3 is 5.97 Å². The summed E-state index contributed by atoms with van der Waals surface area (Å²) in [7, 11) is 0. The molecule has 1 aromatic rings. The van der Waals surface area contributed by atoms with Gasteiger partial charge in [-0.1, -0.05) is 5.16 Å². The van der Waals surface area contributed by atoms with Gasteiger partial charge in [0.15, 0.2) is 0 Å². The standard InChI is InChI=1S/C11H16N2O4/c1-3-13(5-4-11(15)16)10(14)7-9-6-8(2)17-12-9/h6H,3-5,7H2,1-2H3,(H,15,16). The summed E-state index contributed by atoms with van der Waals surface area (Å²) in [6.07, 6.45) is 0.0994. The molecule has 0 saturated carbocycles. The molecule has 0 atom stereocenters. The second-order valence-electron chi connectivity index (χ2n) is 3.72. The van der Waals surface area contributed by atoms with Crippen molar-refractivity contribution in [3.05, 3.63) is 17.5 Å². The number of carbonyl (C=O) groups excluding carboxylic acids is 1. The van der Waals surface area contributed by atoms with E-state index in [0.29, 0.717) is 18.0 Å². The van der Waals surface area contributed by atoms with Crippen LogP contribution in [0.5, 0.6) is 0 Å².